The van der Waals surface area contributed by atoms with Gasteiger partial charge in [0.2, 0.25) is 35.4 Å². The maximum Gasteiger partial charge on any atom is 0.247 e. The highest BCUT2D eigenvalue weighted by atomic mass is 32.2. The minimum absolute atomic E-state index is 0. The molecule has 0 aromatic heterocycles. The fourth-order valence-electron chi connectivity index (χ4n) is 10.3. The van der Waals surface area contributed by atoms with Crippen LogP contribution in [-0.4, -0.2) is 128 Å². The zero-order valence-corrected chi connectivity index (χ0v) is 61.8. The smallest absolute Gasteiger partial charge is 0.247 e. The van der Waals surface area contributed by atoms with Crippen molar-refractivity contribution in [3.63, 3.8) is 0 Å². The Labute approximate surface area is 586 Å². The molecule has 8 N–H and O–H groups in total. The van der Waals surface area contributed by atoms with E-state index in [1.807, 2.05) is 102 Å². The molecule has 6 amide bonds. The molecule has 7 rings (SSSR count). The second-order valence-corrected chi connectivity index (χ2v) is 24.5. The maximum atomic E-state index is 14.5. The molecule has 0 radical (unpaired) electrons. The Kier molecular flexibility index (Phi) is 42.5. The molecule has 4 fully saturated rings. The highest BCUT2D eigenvalue weighted by Gasteiger charge is 2.56. The van der Waals surface area contributed by atoms with Gasteiger partial charge in [0.1, 0.15) is 36.3 Å². The van der Waals surface area contributed by atoms with E-state index in [0.29, 0.717) is 46.8 Å². The molecule has 16 nitrogen and oxygen atoms in total. The lowest BCUT2D eigenvalue weighted by molar-refractivity contribution is -0.143. The van der Waals surface area contributed by atoms with Crippen molar-refractivity contribution in [1.29, 1.82) is 0 Å². The molecule has 4 heterocycles. The molecule has 478 valence electrons. The van der Waals surface area contributed by atoms with Crippen LogP contribution in [-0.2, 0) is 41.9 Å². The minimum Gasteiger partial charge on any atom is -0.367 e. The molecule has 0 aliphatic carbocycles. The van der Waals surface area contributed by atoms with E-state index in [-0.39, 0.29) is 183 Å². The molecule has 30 heteroatoms. The third-order valence-corrected chi connectivity index (χ3v) is 18.1. The summed E-state index contributed by atoms with van der Waals surface area (Å²) in [5.74, 6) is -0.569. The van der Waals surface area contributed by atoms with E-state index in [2.05, 4.69) is 42.5 Å². The van der Waals surface area contributed by atoms with Crippen LogP contribution in [0.15, 0.2) is 84.9 Å². The summed E-state index contributed by atoms with van der Waals surface area (Å²) in [4.78, 5) is 90.4. The first kappa shape index (κ1) is 88.8. The Morgan fingerprint density at radius 3 is 1.14 bits per heavy atom. The highest BCUT2D eigenvalue weighted by molar-refractivity contribution is 8.00. The topological polar surface area (TPSA) is 205 Å². The van der Waals surface area contributed by atoms with Crippen molar-refractivity contribution >= 4 is 228 Å². The largest absolute Gasteiger partial charge is 0.367 e. The standard InChI is InChI=1S/C54H72N10O6S4.10H2S/c1-31(55-7)49(71)59-37-23-25-73-39-27-53(3,4)43(63(39)51(37)69)47(67)61-41(35-15-11-9-12-16-35)45(65)57-29-33-19-21-34(22-20-33)30-58-46(66)42(36-17-13-10-14-18-36)62-48(68)44-54(5,6)28-40-64(44)52(70)38(24-26-74-40)60-50(72)32(2)56-8;;;;;;;;;;/h9-22,31-32,37-44,55-56H,23-30H2,1-8H3,(H,57,65)(H,58,66)(H,59,71)(H,60,72)(H,61,67)(H,62,68);10*1H2/t31-,32-,37-,38-,39-,40-,41-,42-,43+,44?;;;;;;;;;;/m0........../s1. The SMILES string of the molecule is CN[C@@H](C)C(=S)N[C@H]1CCS[C@H]2CC(C)(C)C(C(=O)N[C@H](C(=O)NCc3ccc(CNC(=O)[C@@H](NC(=O)[C@H]4N5C(=O)[C@@H](NC(=S)[C@H](C)NC)CCS[C@H]5CC4(C)C)c4ccccc4)cc3)c3ccccc3)N2C1=O.S.S.S.S.S.S.S.S.S.S. The van der Waals surface area contributed by atoms with Gasteiger partial charge in [-0.1, -0.05) is 137 Å². The molecular formula is C54H92N10O6S14. The number of fused-ring (bicyclic) bond motifs is 2. The summed E-state index contributed by atoms with van der Waals surface area (Å²) in [6.07, 6.45) is 2.37. The van der Waals surface area contributed by atoms with Gasteiger partial charge in [-0.05, 0) is 98.2 Å². The van der Waals surface area contributed by atoms with Gasteiger partial charge in [-0.3, -0.25) is 28.8 Å². The highest BCUT2D eigenvalue weighted by Crippen LogP contribution is 2.48. The van der Waals surface area contributed by atoms with Gasteiger partial charge in [-0.2, -0.15) is 135 Å². The van der Waals surface area contributed by atoms with Gasteiger partial charge in [-0.15, -0.1) is 23.5 Å². The van der Waals surface area contributed by atoms with Gasteiger partial charge in [-0.25, -0.2) is 0 Å². The van der Waals surface area contributed by atoms with Gasteiger partial charge < -0.3 is 52.3 Å². The fourth-order valence-corrected chi connectivity index (χ4v) is 13.9. The zero-order chi connectivity index (χ0) is 53.5. The number of benzene rings is 3. The van der Waals surface area contributed by atoms with Crippen molar-refractivity contribution in [1.82, 2.24) is 52.3 Å². The van der Waals surface area contributed by atoms with Gasteiger partial charge in [0, 0.05) is 13.1 Å². The number of thiocarbonyl (C=S) groups is 2. The van der Waals surface area contributed by atoms with Crippen molar-refractivity contribution in [3.05, 3.63) is 107 Å². The first-order chi connectivity index (χ1) is 35.2. The Balaban J connectivity index is -0.00000320. The van der Waals surface area contributed by atoms with Gasteiger partial charge >= 0.3 is 0 Å². The fraction of sp³-hybridized carbons (Fsp3) is 0.519. The third-order valence-electron chi connectivity index (χ3n) is 14.7. The lowest BCUT2D eigenvalue weighted by atomic mass is 9.83. The quantitative estimate of drug-likeness (QED) is 0.0718. The Morgan fingerprint density at radius 2 is 0.845 bits per heavy atom. The number of nitrogens with zero attached hydrogens (tertiary/aromatic N) is 2. The van der Waals surface area contributed by atoms with E-state index in [9.17, 15) is 28.8 Å². The number of rotatable bonds is 18. The van der Waals surface area contributed by atoms with Gasteiger partial charge in [0.25, 0.3) is 0 Å². The van der Waals surface area contributed by atoms with Crippen LogP contribution < -0.4 is 42.5 Å². The number of likely N-dealkylation sites (N-methyl/N-ethyl adjacent to an activating group) is 2. The monoisotopic (exact) mass is 1420 g/mol. The summed E-state index contributed by atoms with van der Waals surface area (Å²) in [5.41, 5.74) is 1.59. The van der Waals surface area contributed by atoms with Gasteiger partial charge in [0.15, 0.2) is 0 Å². The number of hydrogen-bond acceptors (Lipinski definition) is 12. The summed E-state index contributed by atoms with van der Waals surface area (Å²) in [7, 11) is 3.61. The summed E-state index contributed by atoms with van der Waals surface area (Å²) in [6, 6.07) is 20.3. The molecular weight excluding hydrogens is 1330 g/mol. The second kappa shape index (κ2) is 40.2. The molecule has 10 atom stereocenters. The van der Waals surface area contributed by atoms with E-state index >= 15 is 0 Å². The van der Waals surface area contributed by atoms with Crippen molar-refractivity contribution in [2.75, 3.05) is 25.6 Å². The average molecular weight is 1430 g/mol. The molecule has 4 saturated heterocycles. The van der Waals surface area contributed by atoms with Crippen LogP contribution in [0, 0.1) is 10.8 Å². The third kappa shape index (κ3) is 21.8. The lowest BCUT2D eigenvalue weighted by Gasteiger charge is -2.35. The van der Waals surface area contributed by atoms with Crippen LogP contribution >= 0.6 is 183 Å². The zero-order valence-electron chi connectivity index (χ0n) is 48.5. The molecule has 3 aromatic rings. The van der Waals surface area contributed by atoms with Crippen LogP contribution in [0.3, 0.4) is 0 Å². The normalized spacial score (nSPS) is 21.7. The first-order valence-corrected chi connectivity index (χ1v) is 28.3. The lowest BCUT2D eigenvalue weighted by Crippen LogP contribution is -2.58. The molecule has 0 spiro atoms. The number of hydrogen-bond donors (Lipinski definition) is 8. The minimum atomic E-state index is -1.05. The first-order valence-electron chi connectivity index (χ1n) is 25.4. The number of nitrogens with one attached hydrogen (secondary N) is 8. The average Bonchev–Trinajstić information content (AvgIpc) is 3.71. The molecule has 0 saturated carbocycles. The molecule has 4 aliphatic heterocycles. The second-order valence-electron chi connectivity index (χ2n) is 21.0. The van der Waals surface area contributed by atoms with Gasteiger partial charge in [0.05, 0.1) is 32.8 Å². The van der Waals surface area contributed by atoms with Crippen molar-refractivity contribution in [2.24, 2.45) is 10.8 Å². The van der Waals surface area contributed by atoms with E-state index in [4.69, 9.17) is 24.4 Å². The molecule has 4 aliphatic rings. The molecule has 0 bridgehead atoms. The Morgan fingerprint density at radius 1 is 0.536 bits per heavy atom. The van der Waals surface area contributed by atoms with Crippen molar-refractivity contribution in [3.8, 4) is 0 Å². The molecule has 84 heavy (non-hydrogen) atoms. The number of carbonyl (C=O) groups is 6. The predicted octanol–water partition coefficient (Wildman–Crippen LogP) is 5.73. The van der Waals surface area contributed by atoms with Crippen molar-refractivity contribution < 1.29 is 28.8 Å². The maximum absolute atomic E-state index is 14.5. The van der Waals surface area contributed by atoms with Crippen LogP contribution in [0.2, 0.25) is 0 Å². The summed E-state index contributed by atoms with van der Waals surface area (Å²) >= 11 is 14.5. The van der Waals surface area contributed by atoms with Crippen molar-refractivity contribution in [2.45, 2.75) is 139 Å². The van der Waals surface area contributed by atoms with E-state index in [1.165, 1.54) is 0 Å². The summed E-state index contributed by atoms with van der Waals surface area (Å²) < 4.78 is 0. The summed E-state index contributed by atoms with van der Waals surface area (Å²) in [5, 5.41) is 24.4. The Hall–Kier alpha value is -1.62. The van der Waals surface area contributed by atoms with Crippen LogP contribution in [0.1, 0.15) is 102 Å². The van der Waals surface area contributed by atoms with E-state index in [0.717, 1.165) is 22.6 Å². The number of thioether (sulfide) groups is 2. The van der Waals surface area contributed by atoms with Crippen LogP contribution in [0.5, 0.6) is 0 Å². The number of amides is 6. The molecule has 1 unspecified atom stereocenters. The van der Waals surface area contributed by atoms with Crippen LogP contribution in [0.4, 0.5) is 0 Å². The molecule has 3 aromatic carbocycles. The Bertz CT molecular complexity index is 2400. The van der Waals surface area contributed by atoms with Crippen LogP contribution in [0.25, 0.3) is 0 Å². The summed E-state index contributed by atoms with van der Waals surface area (Å²) in [6.45, 7) is 12.1. The van der Waals surface area contributed by atoms with E-state index in [1.54, 1.807) is 71.7 Å². The predicted molar refractivity (Wildman–Crippen MR) is 404 cm³/mol. The van der Waals surface area contributed by atoms with E-state index < -0.39 is 70.7 Å². The number of carbonyl (C=O) groups excluding carboxylic acids is 6.